The highest BCUT2D eigenvalue weighted by Gasteiger charge is 2.08. The minimum absolute atomic E-state index is 0.0904. The van der Waals surface area contributed by atoms with Gasteiger partial charge in [-0.05, 0) is 55.3 Å². The van der Waals surface area contributed by atoms with E-state index in [1.54, 1.807) is 11.8 Å². The molecule has 0 aliphatic heterocycles. The SMILES string of the molecule is Cc1ccc(Sc2ccc(Br)cc2C(=N)N)cc1C. The summed E-state index contributed by atoms with van der Waals surface area (Å²) in [6.07, 6.45) is 0. The smallest absolute Gasteiger partial charge is 0.123 e. The normalized spacial score (nSPS) is 10.5. The first kappa shape index (κ1) is 14.2. The van der Waals surface area contributed by atoms with Crippen molar-refractivity contribution in [2.75, 3.05) is 0 Å². The van der Waals surface area contributed by atoms with E-state index in [0.717, 1.165) is 19.8 Å². The van der Waals surface area contributed by atoms with Crippen LogP contribution in [0.4, 0.5) is 0 Å². The first-order chi connectivity index (χ1) is 8.97. The van der Waals surface area contributed by atoms with Gasteiger partial charge in [-0.15, -0.1) is 0 Å². The Balaban J connectivity index is 2.37. The van der Waals surface area contributed by atoms with Crippen LogP contribution in [0.5, 0.6) is 0 Å². The van der Waals surface area contributed by atoms with Gasteiger partial charge in [0.05, 0.1) is 0 Å². The fraction of sp³-hybridized carbons (Fsp3) is 0.133. The van der Waals surface area contributed by atoms with Crippen LogP contribution in [0.2, 0.25) is 0 Å². The first-order valence-electron chi connectivity index (χ1n) is 5.86. The van der Waals surface area contributed by atoms with Crippen LogP contribution in [0.3, 0.4) is 0 Å². The van der Waals surface area contributed by atoms with Crippen molar-refractivity contribution >= 4 is 33.5 Å². The highest BCUT2D eigenvalue weighted by molar-refractivity contribution is 9.10. The van der Waals surface area contributed by atoms with Gasteiger partial charge in [0, 0.05) is 19.8 Å². The Labute approximate surface area is 126 Å². The molecule has 0 saturated carbocycles. The number of hydrogen-bond acceptors (Lipinski definition) is 2. The largest absolute Gasteiger partial charge is 0.384 e. The molecule has 3 N–H and O–H groups in total. The van der Waals surface area contributed by atoms with Crippen LogP contribution in [0, 0.1) is 19.3 Å². The van der Waals surface area contributed by atoms with Gasteiger partial charge in [-0.2, -0.15) is 0 Å². The van der Waals surface area contributed by atoms with Gasteiger partial charge in [0.25, 0.3) is 0 Å². The average molecular weight is 335 g/mol. The number of amidine groups is 1. The summed E-state index contributed by atoms with van der Waals surface area (Å²) in [4.78, 5) is 2.16. The van der Waals surface area contributed by atoms with Crippen LogP contribution in [0.15, 0.2) is 50.7 Å². The zero-order chi connectivity index (χ0) is 14.0. The molecule has 0 saturated heterocycles. The van der Waals surface area contributed by atoms with Crippen LogP contribution >= 0.6 is 27.7 Å². The Morgan fingerprint density at radius 3 is 2.47 bits per heavy atom. The predicted octanol–water partition coefficient (Wildman–Crippen LogP) is 4.50. The summed E-state index contributed by atoms with van der Waals surface area (Å²) in [7, 11) is 0. The molecular formula is C15H15BrN2S. The van der Waals surface area contributed by atoms with Crippen LogP contribution in [-0.2, 0) is 0 Å². The van der Waals surface area contributed by atoms with Gasteiger partial charge in [0.2, 0.25) is 0 Å². The Morgan fingerprint density at radius 1 is 1.11 bits per heavy atom. The van der Waals surface area contributed by atoms with Crippen molar-refractivity contribution in [1.82, 2.24) is 0 Å². The summed E-state index contributed by atoms with van der Waals surface area (Å²) in [5, 5.41) is 7.66. The van der Waals surface area contributed by atoms with E-state index in [9.17, 15) is 0 Å². The second-order valence-corrected chi connectivity index (χ2v) is 6.43. The molecular weight excluding hydrogens is 320 g/mol. The molecule has 2 nitrogen and oxygen atoms in total. The van der Waals surface area contributed by atoms with Crippen LogP contribution in [0.25, 0.3) is 0 Å². The Kier molecular flexibility index (Phi) is 4.32. The zero-order valence-corrected chi connectivity index (χ0v) is 13.2. The number of nitrogens with two attached hydrogens (primary N) is 1. The van der Waals surface area contributed by atoms with Crippen molar-refractivity contribution in [1.29, 1.82) is 5.41 Å². The Morgan fingerprint density at radius 2 is 1.84 bits per heavy atom. The van der Waals surface area contributed by atoms with Gasteiger partial charge in [0.1, 0.15) is 5.84 Å². The molecule has 0 aliphatic carbocycles. The summed E-state index contributed by atoms with van der Waals surface area (Å²) < 4.78 is 0.933. The highest BCUT2D eigenvalue weighted by atomic mass is 79.9. The fourth-order valence-corrected chi connectivity index (χ4v) is 3.11. The van der Waals surface area contributed by atoms with E-state index in [-0.39, 0.29) is 5.84 Å². The lowest BCUT2D eigenvalue weighted by Gasteiger charge is -2.10. The van der Waals surface area contributed by atoms with Gasteiger partial charge < -0.3 is 5.73 Å². The van der Waals surface area contributed by atoms with Gasteiger partial charge in [-0.25, -0.2) is 0 Å². The molecule has 0 unspecified atom stereocenters. The molecule has 0 fully saturated rings. The monoisotopic (exact) mass is 334 g/mol. The summed E-state index contributed by atoms with van der Waals surface area (Å²) in [6, 6.07) is 12.2. The van der Waals surface area contributed by atoms with Gasteiger partial charge in [-0.1, -0.05) is 33.8 Å². The number of nitrogens with one attached hydrogen (secondary N) is 1. The van der Waals surface area contributed by atoms with E-state index in [1.807, 2.05) is 18.2 Å². The van der Waals surface area contributed by atoms with E-state index in [0.29, 0.717) is 0 Å². The summed E-state index contributed by atoms with van der Waals surface area (Å²) in [5.41, 5.74) is 8.96. The highest BCUT2D eigenvalue weighted by Crippen LogP contribution is 2.32. The van der Waals surface area contributed by atoms with Crippen molar-refractivity contribution in [3.8, 4) is 0 Å². The third-order valence-corrected chi connectivity index (χ3v) is 4.50. The van der Waals surface area contributed by atoms with Crippen LogP contribution < -0.4 is 5.73 Å². The standard InChI is InChI=1S/C15H15BrN2S/c1-9-3-5-12(7-10(9)2)19-14-6-4-11(16)8-13(14)15(17)18/h3-8H,1-2H3,(H3,17,18). The number of hydrogen-bond donors (Lipinski definition) is 2. The molecule has 0 atom stereocenters. The molecule has 0 aliphatic rings. The molecule has 2 aromatic rings. The quantitative estimate of drug-likeness (QED) is 0.641. The molecule has 0 spiro atoms. The van der Waals surface area contributed by atoms with E-state index in [1.165, 1.54) is 11.1 Å². The molecule has 4 heteroatoms. The number of benzene rings is 2. The van der Waals surface area contributed by atoms with E-state index >= 15 is 0 Å². The molecule has 98 valence electrons. The third-order valence-electron chi connectivity index (χ3n) is 2.94. The Bertz CT molecular complexity index is 638. The predicted molar refractivity (Wildman–Crippen MR) is 85.2 cm³/mol. The average Bonchev–Trinajstić information content (AvgIpc) is 2.36. The van der Waals surface area contributed by atoms with Crippen LogP contribution in [0.1, 0.15) is 16.7 Å². The number of rotatable bonds is 3. The molecule has 0 bridgehead atoms. The van der Waals surface area contributed by atoms with Gasteiger partial charge in [-0.3, -0.25) is 5.41 Å². The fourth-order valence-electron chi connectivity index (χ4n) is 1.71. The molecule has 2 aromatic carbocycles. The van der Waals surface area contributed by atoms with Crippen molar-refractivity contribution < 1.29 is 0 Å². The minimum Gasteiger partial charge on any atom is -0.384 e. The molecule has 19 heavy (non-hydrogen) atoms. The maximum absolute atomic E-state index is 7.66. The summed E-state index contributed by atoms with van der Waals surface area (Å²) in [6.45, 7) is 4.21. The summed E-state index contributed by atoms with van der Waals surface area (Å²) in [5.74, 6) is 0.0904. The van der Waals surface area contributed by atoms with Gasteiger partial charge >= 0.3 is 0 Å². The maximum Gasteiger partial charge on any atom is 0.123 e. The van der Waals surface area contributed by atoms with E-state index in [2.05, 4.69) is 48.0 Å². The van der Waals surface area contributed by atoms with E-state index < -0.39 is 0 Å². The lowest BCUT2D eigenvalue weighted by molar-refractivity contribution is 1.27. The van der Waals surface area contributed by atoms with Crippen LogP contribution in [-0.4, -0.2) is 5.84 Å². The van der Waals surface area contributed by atoms with Crippen molar-refractivity contribution in [3.63, 3.8) is 0 Å². The lowest BCUT2D eigenvalue weighted by atomic mass is 10.1. The molecule has 0 radical (unpaired) electrons. The molecule has 0 aromatic heterocycles. The number of aryl methyl sites for hydroxylation is 2. The minimum atomic E-state index is 0.0904. The summed E-state index contributed by atoms with van der Waals surface area (Å²) >= 11 is 5.04. The molecule has 0 amide bonds. The second-order valence-electron chi connectivity index (χ2n) is 4.40. The maximum atomic E-state index is 7.66. The first-order valence-corrected chi connectivity index (χ1v) is 7.47. The molecule has 2 rings (SSSR count). The van der Waals surface area contributed by atoms with Crippen molar-refractivity contribution in [2.24, 2.45) is 5.73 Å². The lowest BCUT2D eigenvalue weighted by Crippen LogP contribution is -2.12. The third kappa shape index (κ3) is 3.39. The zero-order valence-electron chi connectivity index (χ0n) is 10.8. The van der Waals surface area contributed by atoms with Crippen molar-refractivity contribution in [2.45, 2.75) is 23.6 Å². The van der Waals surface area contributed by atoms with Gasteiger partial charge in [0.15, 0.2) is 0 Å². The van der Waals surface area contributed by atoms with E-state index in [4.69, 9.17) is 11.1 Å². The molecule has 0 heterocycles. The Hall–Kier alpha value is -1.26. The topological polar surface area (TPSA) is 49.9 Å². The second kappa shape index (κ2) is 5.80. The number of nitrogen functional groups attached to an aromatic ring is 1. The van der Waals surface area contributed by atoms with Crippen molar-refractivity contribution in [3.05, 3.63) is 57.6 Å². The number of halogens is 1.